The van der Waals surface area contributed by atoms with Crippen molar-refractivity contribution in [3.8, 4) is 6.01 Å². The van der Waals surface area contributed by atoms with E-state index < -0.39 is 18.8 Å². The quantitative estimate of drug-likeness (QED) is 0.699. The van der Waals surface area contributed by atoms with E-state index in [1.54, 1.807) is 6.92 Å². The van der Waals surface area contributed by atoms with Crippen molar-refractivity contribution >= 4 is 11.9 Å². The van der Waals surface area contributed by atoms with Crippen molar-refractivity contribution in [2.45, 2.75) is 19.2 Å². The van der Waals surface area contributed by atoms with Gasteiger partial charge in [0.2, 0.25) is 11.9 Å². The van der Waals surface area contributed by atoms with Crippen LogP contribution in [0.4, 0.5) is 25.1 Å². The van der Waals surface area contributed by atoms with Crippen LogP contribution in [0.15, 0.2) is 0 Å². The maximum absolute atomic E-state index is 12.0. The van der Waals surface area contributed by atoms with Gasteiger partial charge >= 0.3 is 12.2 Å². The Balaban J connectivity index is 2.67. The first-order chi connectivity index (χ1) is 8.32. The van der Waals surface area contributed by atoms with Crippen LogP contribution in [0.5, 0.6) is 6.01 Å². The predicted octanol–water partition coefficient (Wildman–Crippen LogP) is 0.188. The molecule has 0 amide bonds. The summed E-state index contributed by atoms with van der Waals surface area (Å²) in [5.74, 6) is -0.397. The molecule has 4 N–H and O–H groups in total. The fourth-order valence-corrected chi connectivity index (χ4v) is 0.948. The van der Waals surface area contributed by atoms with E-state index in [1.807, 2.05) is 0 Å². The molecule has 18 heavy (non-hydrogen) atoms. The molecule has 1 aromatic heterocycles. The normalized spacial score (nSPS) is 13.2. The molecule has 0 bridgehead atoms. The van der Waals surface area contributed by atoms with Crippen molar-refractivity contribution in [1.82, 2.24) is 15.0 Å². The Bertz CT molecular complexity index is 401. The van der Waals surface area contributed by atoms with E-state index in [9.17, 15) is 13.2 Å². The molecule has 10 heteroatoms. The Morgan fingerprint density at radius 2 is 2.06 bits per heavy atom. The Morgan fingerprint density at radius 3 is 2.61 bits per heavy atom. The number of nitrogens with one attached hydrogen (secondary N) is 1. The largest absolute Gasteiger partial charge is 0.464 e. The van der Waals surface area contributed by atoms with Gasteiger partial charge in [-0.2, -0.15) is 28.1 Å². The topological polar surface area (TPSA) is 106 Å². The van der Waals surface area contributed by atoms with E-state index in [0.717, 1.165) is 0 Å². The molecule has 1 atom stereocenters. The highest BCUT2D eigenvalue weighted by Crippen LogP contribution is 2.20. The summed E-state index contributed by atoms with van der Waals surface area (Å²) < 4.78 is 41.1. The van der Waals surface area contributed by atoms with Gasteiger partial charge in [-0.1, -0.05) is 0 Å². The summed E-state index contributed by atoms with van der Waals surface area (Å²) in [5.41, 5.74) is 5.31. The fraction of sp³-hybridized carbons (Fsp3) is 0.625. The van der Waals surface area contributed by atoms with E-state index in [4.69, 9.17) is 15.6 Å². The Labute approximate surface area is 100 Å². The molecule has 0 aliphatic carbocycles. The monoisotopic (exact) mass is 267 g/mol. The number of rotatable bonds is 5. The molecule has 0 saturated carbocycles. The van der Waals surface area contributed by atoms with Gasteiger partial charge in [0.25, 0.3) is 0 Å². The van der Waals surface area contributed by atoms with Crippen LogP contribution in [0, 0.1) is 0 Å². The summed E-state index contributed by atoms with van der Waals surface area (Å²) in [7, 11) is 0. The van der Waals surface area contributed by atoms with Gasteiger partial charge in [-0.3, -0.25) is 0 Å². The number of nitrogens with zero attached hydrogens (tertiary/aromatic N) is 3. The summed E-state index contributed by atoms with van der Waals surface area (Å²) in [4.78, 5) is 10.8. The second-order valence-electron chi connectivity index (χ2n) is 3.17. The summed E-state index contributed by atoms with van der Waals surface area (Å²) >= 11 is 0. The van der Waals surface area contributed by atoms with Gasteiger partial charge in [0, 0.05) is 0 Å². The number of alkyl halides is 3. The van der Waals surface area contributed by atoms with Crippen molar-refractivity contribution in [2.75, 3.05) is 24.2 Å². The van der Waals surface area contributed by atoms with Crippen LogP contribution in [0.1, 0.15) is 6.92 Å². The highest BCUT2D eigenvalue weighted by molar-refractivity contribution is 5.32. The molecule has 0 spiro atoms. The van der Waals surface area contributed by atoms with Crippen molar-refractivity contribution in [3.05, 3.63) is 0 Å². The Kier molecular flexibility index (Phi) is 4.48. The molecule has 0 fully saturated rings. The number of nitrogens with two attached hydrogens (primary N) is 1. The highest BCUT2D eigenvalue weighted by atomic mass is 19.4. The number of ether oxygens (including phenoxy) is 1. The third-order valence-corrected chi connectivity index (χ3v) is 1.74. The first kappa shape index (κ1) is 14.2. The molecule has 0 aliphatic rings. The van der Waals surface area contributed by atoms with Crippen LogP contribution in [-0.2, 0) is 0 Å². The number of nitrogen functional groups attached to an aromatic ring is 1. The summed E-state index contributed by atoms with van der Waals surface area (Å²) in [6, 6.07) is -0.103. The third-order valence-electron chi connectivity index (χ3n) is 1.74. The SMILES string of the molecule is CCOc1nc(N)nc(NCC(O)C(F)(F)F)n1. The van der Waals surface area contributed by atoms with Crippen molar-refractivity contribution in [2.24, 2.45) is 0 Å². The maximum atomic E-state index is 12.0. The molecule has 0 saturated heterocycles. The summed E-state index contributed by atoms with van der Waals surface area (Å²) in [6.45, 7) is 1.16. The second-order valence-corrected chi connectivity index (χ2v) is 3.17. The average molecular weight is 267 g/mol. The number of anilines is 2. The van der Waals surface area contributed by atoms with Crippen LogP contribution in [0.3, 0.4) is 0 Å². The predicted molar refractivity (Wildman–Crippen MR) is 56.0 cm³/mol. The van der Waals surface area contributed by atoms with Gasteiger partial charge in [-0.15, -0.1) is 0 Å². The highest BCUT2D eigenvalue weighted by Gasteiger charge is 2.38. The first-order valence-electron chi connectivity index (χ1n) is 4.96. The lowest BCUT2D eigenvalue weighted by molar-refractivity contribution is -0.198. The van der Waals surface area contributed by atoms with E-state index >= 15 is 0 Å². The standard InChI is InChI=1S/C8H12F3N5O2/c1-2-18-7-15-5(12)14-6(16-7)13-3-4(17)8(9,10)11/h4,17H,2-3H2,1H3,(H3,12,13,14,15,16). The molecule has 7 nitrogen and oxygen atoms in total. The zero-order chi connectivity index (χ0) is 13.8. The van der Waals surface area contributed by atoms with E-state index in [0.29, 0.717) is 0 Å². The lowest BCUT2D eigenvalue weighted by Gasteiger charge is -2.15. The second kappa shape index (κ2) is 5.67. The van der Waals surface area contributed by atoms with Crippen molar-refractivity contribution in [3.63, 3.8) is 0 Å². The lowest BCUT2D eigenvalue weighted by atomic mass is 10.3. The van der Waals surface area contributed by atoms with Crippen molar-refractivity contribution in [1.29, 1.82) is 0 Å². The van der Waals surface area contributed by atoms with Gasteiger partial charge in [0.15, 0.2) is 6.10 Å². The van der Waals surface area contributed by atoms with Gasteiger partial charge in [-0.25, -0.2) is 0 Å². The number of halogens is 3. The number of aliphatic hydroxyl groups is 1. The zero-order valence-electron chi connectivity index (χ0n) is 9.40. The third kappa shape index (κ3) is 4.20. The van der Waals surface area contributed by atoms with Crippen molar-refractivity contribution < 1.29 is 23.0 Å². The molecule has 1 aromatic rings. The van der Waals surface area contributed by atoms with Gasteiger partial charge in [0.1, 0.15) is 0 Å². The number of aliphatic hydroxyl groups excluding tert-OH is 1. The number of aromatic nitrogens is 3. The van der Waals surface area contributed by atoms with Gasteiger partial charge in [-0.05, 0) is 6.92 Å². The van der Waals surface area contributed by atoms with E-state index in [2.05, 4.69) is 20.3 Å². The molecule has 102 valence electrons. The molecule has 0 aromatic carbocycles. The Morgan fingerprint density at radius 1 is 1.39 bits per heavy atom. The zero-order valence-corrected chi connectivity index (χ0v) is 9.40. The smallest absolute Gasteiger partial charge is 0.416 e. The molecule has 0 radical (unpaired) electrons. The molecular weight excluding hydrogens is 255 g/mol. The van der Waals surface area contributed by atoms with E-state index in [1.165, 1.54) is 0 Å². The first-order valence-corrected chi connectivity index (χ1v) is 4.96. The molecular formula is C8H12F3N5O2. The summed E-state index contributed by atoms with van der Waals surface area (Å²) in [6.07, 6.45) is -7.24. The minimum Gasteiger partial charge on any atom is -0.464 e. The van der Waals surface area contributed by atoms with Crippen LogP contribution in [-0.4, -0.2) is 45.5 Å². The van der Waals surface area contributed by atoms with Gasteiger partial charge < -0.3 is 20.9 Å². The van der Waals surface area contributed by atoms with Crippen LogP contribution >= 0.6 is 0 Å². The lowest BCUT2D eigenvalue weighted by Crippen LogP contribution is -2.35. The molecule has 1 unspecified atom stereocenters. The number of hydrogen-bond donors (Lipinski definition) is 3. The maximum Gasteiger partial charge on any atom is 0.416 e. The minimum absolute atomic E-state index is 0.103. The minimum atomic E-state index is -4.71. The molecule has 1 rings (SSSR count). The summed E-state index contributed by atoms with van der Waals surface area (Å²) in [5, 5.41) is 11.0. The average Bonchev–Trinajstić information content (AvgIpc) is 2.24. The van der Waals surface area contributed by atoms with Gasteiger partial charge in [0.05, 0.1) is 13.2 Å². The van der Waals surface area contributed by atoms with Crippen LogP contribution in [0.2, 0.25) is 0 Å². The van der Waals surface area contributed by atoms with Crippen LogP contribution in [0.25, 0.3) is 0 Å². The molecule has 1 heterocycles. The fourth-order valence-electron chi connectivity index (χ4n) is 0.948. The number of hydrogen-bond acceptors (Lipinski definition) is 7. The molecule has 0 aliphatic heterocycles. The Hall–Kier alpha value is -1.84. The van der Waals surface area contributed by atoms with Crippen LogP contribution < -0.4 is 15.8 Å². The van der Waals surface area contributed by atoms with E-state index in [-0.39, 0.29) is 24.5 Å².